The number of hydrogen-bond acceptors (Lipinski definition) is 4. The van der Waals surface area contributed by atoms with E-state index >= 15 is 0 Å². The van der Waals surface area contributed by atoms with Gasteiger partial charge in [0, 0.05) is 36.7 Å². The van der Waals surface area contributed by atoms with Crippen LogP contribution in [0.2, 0.25) is 0 Å². The summed E-state index contributed by atoms with van der Waals surface area (Å²) in [4.78, 5) is 0. The predicted octanol–water partition coefficient (Wildman–Crippen LogP) is 0.728. The third-order valence-corrected chi connectivity index (χ3v) is 7.14. The maximum Gasteiger partial charge on any atom is 0.282 e. The van der Waals surface area contributed by atoms with Gasteiger partial charge in [-0.2, -0.15) is 28.8 Å². The second-order valence-electron chi connectivity index (χ2n) is 5.66. The summed E-state index contributed by atoms with van der Waals surface area (Å²) in [7, 11) is -3.27. The van der Waals surface area contributed by atoms with Gasteiger partial charge in [-0.15, -0.1) is 0 Å². The molecule has 2 fully saturated rings. The van der Waals surface area contributed by atoms with E-state index in [1.54, 1.807) is 8.61 Å². The Morgan fingerprint density at radius 3 is 2.11 bits per heavy atom. The molecule has 0 bridgehead atoms. The van der Waals surface area contributed by atoms with Gasteiger partial charge >= 0.3 is 0 Å². The molecule has 2 unspecified atom stereocenters. The van der Waals surface area contributed by atoms with Gasteiger partial charge in [0.15, 0.2) is 0 Å². The Balaban J connectivity index is 2.02. The van der Waals surface area contributed by atoms with E-state index in [1.165, 1.54) is 0 Å². The summed E-state index contributed by atoms with van der Waals surface area (Å²) in [6.07, 6.45) is 1.78. The Hall–Kier alpha value is 0.180. The fourth-order valence-corrected chi connectivity index (χ4v) is 6.19. The Kier molecular flexibility index (Phi) is 5.16. The Morgan fingerprint density at radius 2 is 1.63 bits per heavy atom. The fourth-order valence-electron chi connectivity index (χ4n) is 2.86. The highest BCUT2D eigenvalue weighted by molar-refractivity contribution is 8.00. The second-order valence-corrected chi connectivity index (χ2v) is 9.47. The maximum absolute atomic E-state index is 12.6. The van der Waals surface area contributed by atoms with E-state index in [4.69, 9.17) is 5.73 Å². The van der Waals surface area contributed by atoms with Crippen molar-refractivity contribution in [3.05, 3.63) is 0 Å². The molecule has 19 heavy (non-hydrogen) atoms. The van der Waals surface area contributed by atoms with Crippen molar-refractivity contribution in [2.24, 2.45) is 11.7 Å². The Labute approximate surface area is 121 Å². The third-order valence-electron chi connectivity index (χ3n) is 3.95. The monoisotopic (exact) mass is 307 g/mol. The maximum atomic E-state index is 12.6. The Bertz CT molecular complexity index is 384. The molecule has 0 aromatic heterocycles. The van der Waals surface area contributed by atoms with Crippen LogP contribution in [0.3, 0.4) is 0 Å². The van der Waals surface area contributed by atoms with Crippen molar-refractivity contribution in [2.75, 3.05) is 32.7 Å². The molecule has 5 nitrogen and oxygen atoms in total. The predicted molar refractivity (Wildman–Crippen MR) is 80.4 cm³/mol. The van der Waals surface area contributed by atoms with Gasteiger partial charge in [-0.3, -0.25) is 0 Å². The lowest BCUT2D eigenvalue weighted by Crippen LogP contribution is -2.52. The molecule has 0 amide bonds. The zero-order valence-electron chi connectivity index (χ0n) is 11.8. The van der Waals surface area contributed by atoms with Crippen LogP contribution in [0.15, 0.2) is 0 Å². The first kappa shape index (κ1) is 15.6. The van der Waals surface area contributed by atoms with E-state index in [2.05, 4.69) is 13.8 Å². The molecular formula is C12H25N3O2S2. The molecule has 2 rings (SSSR count). The van der Waals surface area contributed by atoms with E-state index in [9.17, 15) is 8.42 Å². The van der Waals surface area contributed by atoms with Gasteiger partial charge in [0.1, 0.15) is 0 Å². The quantitative estimate of drug-likeness (QED) is 0.834. The summed E-state index contributed by atoms with van der Waals surface area (Å²) >= 11 is 1.87. The summed E-state index contributed by atoms with van der Waals surface area (Å²) in [5, 5.41) is 0.750. The number of nitrogens with zero attached hydrogens (tertiary/aromatic N) is 2. The number of piperidine rings is 1. The van der Waals surface area contributed by atoms with Crippen LogP contribution in [0.25, 0.3) is 0 Å². The zero-order valence-corrected chi connectivity index (χ0v) is 13.4. The fraction of sp³-hybridized carbons (Fsp3) is 1.00. The van der Waals surface area contributed by atoms with Gasteiger partial charge in [-0.25, -0.2) is 0 Å². The van der Waals surface area contributed by atoms with Crippen LogP contribution in [0.4, 0.5) is 0 Å². The van der Waals surface area contributed by atoms with Gasteiger partial charge in [0.05, 0.1) is 0 Å². The first-order chi connectivity index (χ1) is 8.93. The van der Waals surface area contributed by atoms with Crippen molar-refractivity contribution >= 4 is 22.0 Å². The minimum Gasteiger partial charge on any atom is -0.330 e. The molecule has 0 spiro atoms. The minimum atomic E-state index is -3.27. The van der Waals surface area contributed by atoms with E-state index in [-0.39, 0.29) is 0 Å². The third kappa shape index (κ3) is 3.64. The standard InChI is InChI=1S/C12H25N3O2S2/c1-10-8-15(9-11(2)18-10)19(16,17)14-5-3-12(7-13)4-6-14/h10-12H,3-9,13H2,1-2H3. The van der Waals surface area contributed by atoms with Crippen LogP contribution < -0.4 is 5.73 Å². The molecule has 2 N–H and O–H groups in total. The highest BCUT2D eigenvalue weighted by Crippen LogP contribution is 2.28. The van der Waals surface area contributed by atoms with E-state index in [1.807, 2.05) is 11.8 Å². The van der Waals surface area contributed by atoms with Crippen LogP contribution in [0.1, 0.15) is 26.7 Å². The van der Waals surface area contributed by atoms with Crippen LogP contribution >= 0.6 is 11.8 Å². The van der Waals surface area contributed by atoms with Gasteiger partial charge in [-0.1, -0.05) is 13.8 Å². The summed E-state index contributed by atoms with van der Waals surface area (Å²) in [6, 6.07) is 0. The SMILES string of the molecule is CC1CN(S(=O)(=O)N2CCC(CN)CC2)CC(C)S1. The first-order valence-corrected chi connectivity index (χ1v) is 9.38. The molecular weight excluding hydrogens is 282 g/mol. The first-order valence-electron chi connectivity index (χ1n) is 7.04. The number of hydrogen-bond donors (Lipinski definition) is 1. The molecule has 0 radical (unpaired) electrons. The minimum absolute atomic E-state index is 0.375. The summed E-state index contributed by atoms with van der Waals surface area (Å²) in [5.41, 5.74) is 5.66. The lowest BCUT2D eigenvalue weighted by molar-refractivity contribution is 0.256. The molecule has 112 valence electrons. The van der Waals surface area contributed by atoms with Gasteiger partial charge < -0.3 is 5.73 Å². The van der Waals surface area contributed by atoms with Crippen LogP contribution in [-0.2, 0) is 10.2 Å². The van der Waals surface area contributed by atoms with Crippen molar-refractivity contribution in [3.8, 4) is 0 Å². The van der Waals surface area contributed by atoms with Crippen molar-refractivity contribution in [1.29, 1.82) is 0 Å². The van der Waals surface area contributed by atoms with E-state index in [0.717, 1.165) is 12.8 Å². The molecule has 0 aliphatic carbocycles. The van der Waals surface area contributed by atoms with Crippen molar-refractivity contribution in [3.63, 3.8) is 0 Å². The number of nitrogens with two attached hydrogens (primary N) is 1. The average Bonchev–Trinajstić information content (AvgIpc) is 2.37. The van der Waals surface area contributed by atoms with E-state index in [0.29, 0.717) is 49.1 Å². The highest BCUT2D eigenvalue weighted by Gasteiger charge is 2.36. The molecule has 0 aromatic carbocycles. The summed E-state index contributed by atoms with van der Waals surface area (Å²) in [5.74, 6) is 0.487. The summed E-state index contributed by atoms with van der Waals surface area (Å²) in [6.45, 7) is 7.38. The van der Waals surface area contributed by atoms with Crippen LogP contribution in [-0.4, -0.2) is 60.3 Å². The number of thioether (sulfide) groups is 1. The van der Waals surface area contributed by atoms with Gasteiger partial charge in [-0.05, 0) is 25.3 Å². The molecule has 2 heterocycles. The summed E-state index contributed by atoms with van der Waals surface area (Å²) < 4.78 is 28.6. The molecule has 2 aliphatic rings. The van der Waals surface area contributed by atoms with Crippen molar-refractivity contribution < 1.29 is 8.42 Å². The van der Waals surface area contributed by atoms with Crippen LogP contribution in [0, 0.1) is 5.92 Å². The van der Waals surface area contributed by atoms with Gasteiger partial charge in [0.25, 0.3) is 10.2 Å². The smallest absolute Gasteiger partial charge is 0.282 e. The zero-order chi connectivity index (χ0) is 14.0. The van der Waals surface area contributed by atoms with Crippen molar-refractivity contribution in [1.82, 2.24) is 8.61 Å². The molecule has 0 aromatic rings. The van der Waals surface area contributed by atoms with E-state index < -0.39 is 10.2 Å². The Morgan fingerprint density at radius 1 is 1.11 bits per heavy atom. The molecule has 2 atom stereocenters. The van der Waals surface area contributed by atoms with Crippen molar-refractivity contribution in [2.45, 2.75) is 37.2 Å². The average molecular weight is 307 g/mol. The normalized spacial score (nSPS) is 32.6. The topological polar surface area (TPSA) is 66.6 Å². The molecule has 0 saturated carbocycles. The molecule has 2 saturated heterocycles. The number of rotatable bonds is 3. The highest BCUT2D eigenvalue weighted by atomic mass is 32.2. The van der Waals surface area contributed by atoms with Gasteiger partial charge in [0.2, 0.25) is 0 Å². The van der Waals surface area contributed by atoms with Crippen LogP contribution in [0.5, 0.6) is 0 Å². The lowest BCUT2D eigenvalue weighted by Gasteiger charge is -2.39. The second kappa shape index (κ2) is 6.30. The molecule has 7 heteroatoms. The molecule has 2 aliphatic heterocycles. The lowest BCUT2D eigenvalue weighted by atomic mass is 9.99. The largest absolute Gasteiger partial charge is 0.330 e.